The van der Waals surface area contributed by atoms with E-state index in [1.165, 1.54) is 7.11 Å². The molecule has 0 heterocycles. The summed E-state index contributed by atoms with van der Waals surface area (Å²) < 4.78 is 4.56. The third-order valence-electron chi connectivity index (χ3n) is 1.64. The molecule has 0 rings (SSSR count). The van der Waals surface area contributed by atoms with Gasteiger partial charge in [-0.05, 0) is 5.92 Å². The molecule has 0 aromatic heterocycles. The van der Waals surface area contributed by atoms with Crippen LogP contribution in [0.1, 0.15) is 13.8 Å². The van der Waals surface area contributed by atoms with E-state index in [2.05, 4.69) is 10.1 Å². The summed E-state index contributed by atoms with van der Waals surface area (Å²) in [4.78, 5) is 0. The standard InChI is InChI=1S/C7H18N2O3/c1-4(2)5(6(8)10)9-7(11)12-3/h4-7,9-11H,8H2,1-3H3/t5-,6?,7?/m0/s1. The molecule has 3 atom stereocenters. The van der Waals surface area contributed by atoms with Crippen LogP contribution >= 0.6 is 0 Å². The van der Waals surface area contributed by atoms with Gasteiger partial charge in [0.25, 0.3) is 0 Å². The number of aliphatic hydroxyl groups excluding tert-OH is 2. The van der Waals surface area contributed by atoms with Gasteiger partial charge in [-0.2, -0.15) is 0 Å². The number of aliphatic hydroxyl groups is 2. The van der Waals surface area contributed by atoms with E-state index in [0.717, 1.165) is 0 Å². The number of hydrogen-bond acceptors (Lipinski definition) is 5. The van der Waals surface area contributed by atoms with E-state index >= 15 is 0 Å². The Morgan fingerprint density at radius 3 is 2.08 bits per heavy atom. The second-order valence-electron chi connectivity index (χ2n) is 3.02. The van der Waals surface area contributed by atoms with Gasteiger partial charge in [-0.15, -0.1) is 0 Å². The number of rotatable bonds is 5. The van der Waals surface area contributed by atoms with E-state index in [4.69, 9.17) is 15.9 Å². The van der Waals surface area contributed by atoms with Crippen molar-refractivity contribution in [2.75, 3.05) is 7.11 Å². The molecule has 5 N–H and O–H groups in total. The molecule has 2 unspecified atom stereocenters. The highest BCUT2D eigenvalue weighted by molar-refractivity contribution is 4.74. The molecular formula is C7H18N2O3. The Morgan fingerprint density at radius 1 is 1.33 bits per heavy atom. The van der Waals surface area contributed by atoms with Gasteiger partial charge in [-0.3, -0.25) is 5.32 Å². The van der Waals surface area contributed by atoms with Gasteiger partial charge >= 0.3 is 0 Å². The Balaban J connectivity index is 3.95. The van der Waals surface area contributed by atoms with E-state index in [9.17, 15) is 0 Å². The number of hydrogen-bond donors (Lipinski definition) is 4. The van der Waals surface area contributed by atoms with Gasteiger partial charge in [0, 0.05) is 7.11 Å². The van der Waals surface area contributed by atoms with Crippen molar-refractivity contribution in [1.82, 2.24) is 5.32 Å². The van der Waals surface area contributed by atoms with Gasteiger partial charge in [0.15, 0.2) is 0 Å². The highest BCUT2D eigenvalue weighted by atomic mass is 16.6. The molecule has 0 spiro atoms. The van der Waals surface area contributed by atoms with Crippen molar-refractivity contribution in [2.24, 2.45) is 11.7 Å². The first kappa shape index (κ1) is 11.8. The van der Waals surface area contributed by atoms with Crippen molar-refractivity contribution in [1.29, 1.82) is 0 Å². The summed E-state index contributed by atoms with van der Waals surface area (Å²) in [7, 11) is 1.36. The maximum Gasteiger partial charge on any atom is 0.213 e. The Bertz CT molecular complexity index is 111. The van der Waals surface area contributed by atoms with Crippen molar-refractivity contribution in [3.63, 3.8) is 0 Å². The van der Waals surface area contributed by atoms with Crippen LogP contribution in [0.5, 0.6) is 0 Å². The number of nitrogens with two attached hydrogens (primary N) is 1. The molecule has 0 radical (unpaired) electrons. The fraction of sp³-hybridized carbons (Fsp3) is 1.00. The van der Waals surface area contributed by atoms with Gasteiger partial charge in [-0.1, -0.05) is 13.8 Å². The lowest BCUT2D eigenvalue weighted by atomic mass is 10.0. The highest BCUT2D eigenvalue weighted by Gasteiger charge is 2.21. The molecule has 0 fully saturated rings. The molecule has 5 heteroatoms. The van der Waals surface area contributed by atoms with Crippen LogP contribution in [-0.4, -0.2) is 36.0 Å². The average Bonchev–Trinajstić information content (AvgIpc) is 1.98. The fourth-order valence-electron chi connectivity index (χ4n) is 0.918. The molecule has 0 saturated heterocycles. The zero-order valence-electron chi connectivity index (χ0n) is 7.69. The molecule has 0 aromatic carbocycles. The Hall–Kier alpha value is -0.200. The number of methoxy groups -OCH3 is 1. The zero-order valence-corrected chi connectivity index (χ0v) is 7.69. The highest BCUT2D eigenvalue weighted by Crippen LogP contribution is 2.04. The summed E-state index contributed by atoms with van der Waals surface area (Å²) in [6.45, 7) is 3.77. The summed E-state index contributed by atoms with van der Waals surface area (Å²) in [5.41, 5.74) is 5.27. The Morgan fingerprint density at radius 2 is 1.83 bits per heavy atom. The van der Waals surface area contributed by atoms with Crippen LogP contribution < -0.4 is 11.1 Å². The van der Waals surface area contributed by atoms with Crippen molar-refractivity contribution in [2.45, 2.75) is 32.5 Å². The Kier molecular flexibility index (Phi) is 5.36. The van der Waals surface area contributed by atoms with Crippen LogP contribution in [0.2, 0.25) is 0 Å². The average molecular weight is 178 g/mol. The van der Waals surface area contributed by atoms with E-state index in [-0.39, 0.29) is 12.0 Å². The molecule has 5 nitrogen and oxygen atoms in total. The first-order valence-electron chi connectivity index (χ1n) is 3.89. The minimum atomic E-state index is -1.09. The third-order valence-corrected chi connectivity index (χ3v) is 1.64. The van der Waals surface area contributed by atoms with Crippen LogP contribution in [0.3, 0.4) is 0 Å². The predicted octanol–water partition coefficient (Wildman–Crippen LogP) is -1.20. The minimum absolute atomic E-state index is 0.120. The first-order valence-corrected chi connectivity index (χ1v) is 3.89. The molecule has 0 aromatic rings. The molecule has 0 amide bonds. The Labute approximate surface area is 72.5 Å². The SMILES string of the molecule is COC(O)N[C@@H](C(C)C)C(N)O. The zero-order chi connectivity index (χ0) is 9.72. The molecule has 12 heavy (non-hydrogen) atoms. The van der Waals surface area contributed by atoms with Crippen LogP contribution in [0, 0.1) is 5.92 Å². The van der Waals surface area contributed by atoms with Gasteiger partial charge in [-0.25, -0.2) is 0 Å². The summed E-state index contributed by atoms with van der Waals surface area (Å²) in [5, 5.41) is 20.7. The minimum Gasteiger partial charge on any atom is -0.377 e. The summed E-state index contributed by atoms with van der Waals surface area (Å²) >= 11 is 0. The van der Waals surface area contributed by atoms with Crippen molar-refractivity contribution < 1.29 is 14.9 Å². The van der Waals surface area contributed by atoms with E-state index in [1.807, 2.05) is 13.8 Å². The molecule has 0 aliphatic heterocycles. The molecule has 0 aliphatic carbocycles. The van der Waals surface area contributed by atoms with Crippen LogP contribution in [0.25, 0.3) is 0 Å². The summed E-state index contributed by atoms with van der Waals surface area (Å²) in [5.74, 6) is 0.120. The molecule has 0 saturated carbocycles. The van der Waals surface area contributed by atoms with E-state index in [0.29, 0.717) is 0 Å². The first-order chi connectivity index (χ1) is 5.49. The van der Waals surface area contributed by atoms with Crippen molar-refractivity contribution in [3.8, 4) is 0 Å². The maximum absolute atomic E-state index is 9.08. The van der Waals surface area contributed by atoms with E-state index < -0.39 is 12.6 Å². The topological polar surface area (TPSA) is 87.7 Å². The third kappa shape index (κ3) is 3.99. The molecule has 74 valence electrons. The number of ether oxygens (including phenoxy) is 1. The molecular weight excluding hydrogens is 160 g/mol. The second-order valence-corrected chi connectivity index (χ2v) is 3.02. The van der Waals surface area contributed by atoms with Gasteiger partial charge in [0.05, 0.1) is 6.04 Å². The smallest absolute Gasteiger partial charge is 0.213 e. The van der Waals surface area contributed by atoms with E-state index in [1.54, 1.807) is 0 Å². The fourth-order valence-corrected chi connectivity index (χ4v) is 0.918. The monoisotopic (exact) mass is 178 g/mol. The second kappa shape index (κ2) is 5.45. The van der Waals surface area contributed by atoms with Crippen LogP contribution in [0.4, 0.5) is 0 Å². The molecule has 0 bridgehead atoms. The lowest BCUT2D eigenvalue weighted by Crippen LogP contribution is -2.52. The normalized spacial score (nSPS) is 19.2. The quantitative estimate of drug-likeness (QED) is 0.397. The van der Waals surface area contributed by atoms with Gasteiger partial charge in [0.2, 0.25) is 6.41 Å². The summed E-state index contributed by atoms with van der Waals surface area (Å²) in [6.07, 6.45) is -2.09. The van der Waals surface area contributed by atoms with Crippen molar-refractivity contribution >= 4 is 0 Å². The predicted molar refractivity (Wildman–Crippen MR) is 45.0 cm³/mol. The summed E-state index contributed by atoms with van der Waals surface area (Å²) in [6, 6.07) is -0.375. The maximum atomic E-state index is 9.08. The van der Waals surface area contributed by atoms with Crippen LogP contribution in [0.15, 0.2) is 0 Å². The lowest BCUT2D eigenvalue weighted by molar-refractivity contribution is -0.115. The van der Waals surface area contributed by atoms with Gasteiger partial charge in [0.1, 0.15) is 6.23 Å². The van der Waals surface area contributed by atoms with Crippen molar-refractivity contribution in [3.05, 3.63) is 0 Å². The number of nitrogens with one attached hydrogen (secondary N) is 1. The largest absolute Gasteiger partial charge is 0.377 e. The van der Waals surface area contributed by atoms with Gasteiger partial charge < -0.3 is 20.7 Å². The van der Waals surface area contributed by atoms with Crippen LogP contribution in [-0.2, 0) is 4.74 Å². The molecule has 0 aliphatic rings. The lowest BCUT2D eigenvalue weighted by Gasteiger charge is -2.26.